The second-order valence-electron chi connectivity index (χ2n) is 6.78. The van der Waals surface area contributed by atoms with Crippen molar-refractivity contribution in [1.82, 2.24) is 9.80 Å². The molecule has 146 valence electrons. The fourth-order valence-corrected chi connectivity index (χ4v) is 3.04. The van der Waals surface area contributed by atoms with Crippen LogP contribution in [0.5, 0.6) is 0 Å². The monoisotopic (exact) mass is 376 g/mol. The molecule has 1 atom stereocenters. The van der Waals surface area contributed by atoms with Gasteiger partial charge in [-0.3, -0.25) is 4.79 Å². The Kier molecular flexibility index (Phi) is 7.00. The highest BCUT2D eigenvalue weighted by Crippen LogP contribution is 2.32. The van der Waals surface area contributed by atoms with Crippen LogP contribution in [0.1, 0.15) is 30.0 Å². The molecule has 8 heteroatoms. The van der Waals surface area contributed by atoms with Gasteiger partial charge in [0.25, 0.3) is 0 Å². The lowest BCUT2D eigenvalue weighted by molar-refractivity contribution is -0.171. The van der Waals surface area contributed by atoms with Crippen molar-refractivity contribution in [2.75, 3.05) is 33.9 Å². The van der Waals surface area contributed by atoms with Crippen molar-refractivity contribution < 1.29 is 27.1 Å². The van der Waals surface area contributed by atoms with E-state index in [1.165, 1.54) is 0 Å². The molecule has 1 aromatic carbocycles. The van der Waals surface area contributed by atoms with Crippen molar-refractivity contribution >= 4 is 5.91 Å². The van der Waals surface area contributed by atoms with Crippen LogP contribution in [0.15, 0.2) is 24.3 Å². The van der Waals surface area contributed by atoms with Gasteiger partial charge in [0.1, 0.15) is 13.2 Å². The average Bonchev–Trinajstić information content (AvgIpc) is 3.04. The number of hydrogen-bond acceptors (Lipinski definition) is 3. The third kappa shape index (κ3) is 5.41. The Morgan fingerprint density at radius 2 is 1.96 bits per heavy atom. The molecule has 0 aliphatic carbocycles. The standard InChI is InChI=1S/C18H24F4N2O2/c1-23(2)10-13-5-7-14(8-6-13)15-4-3-9-24(15)16(25)11-26-12-18(21,22)17(19)20/h5-8,15,17H,3-4,9-12H2,1-2H3/t15-/m0/s1. The van der Waals surface area contributed by atoms with Crippen LogP contribution in [0, 0.1) is 0 Å². The maximum atomic E-state index is 12.8. The molecule has 1 aliphatic rings. The highest BCUT2D eigenvalue weighted by atomic mass is 19.3. The zero-order valence-electron chi connectivity index (χ0n) is 14.9. The summed E-state index contributed by atoms with van der Waals surface area (Å²) >= 11 is 0. The molecule has 2 rings (SSSR count). The number of benzene rings is 1. The molecule has 1 aliphatic heterocycles. The number of hydrogen-bond donors (Lipinski definition) is 0. The SMILES string of the molecule is CN(C)Cc1ccc([C@@H]2CCCN2C(=O)COCC(F)(F)C(F)F)cc1. The summed E-state index contributed by atoms with van der Waals surface area (Å²) < 4.78 is 54.4. The fourth-order valence-electron chi connectivity index (χ4n) is 3.04. The van der Waals surface area contributed by atoms with Gasteiger partial charge in [0, 0.05) is 13.1 Å². The van der Waals surface area contributed by atoms with E-state index in [9.17, 15) is 22.4 Å². The average molecular weight is 376 g/mol. The van der Waals surface area contributed by atoms with Gasteiger partial charge < -0.3 is 14.5 Å². The predicted octanol–water partition coefficient (Wildman–Crippen LogP) is 3.33. The van der Waals surface area contributed by atoms with Crippen molar-refractivity contribution in [3.8, 4) is 0 Å². The molecular formula is C18H24F4N2O2. The summed E-state index contributed by atoms with van der Waals surface area (Å²) in [5.74, 6) is -4.71. The van der Waals surface area contributed by atoms with Gasteiger partial charge in [0.15, 0.2) is 0 Å². The minimum Gasteiger partial charge on any atom is -0.365 e. The summed E-state index contributed by atoms with van der Waals surface area (Å²) in [6.07, 6.45) is -2.24. The van der Waals surface area contributed by atoms with Gasteiger partial charge in [0.05, 0.1) is 6.04 Å². The van der Waals surface area contributed by atoms with Crippen molar-refractivity contribution in [2.24, 2.45) is 0 Å². The van der Waals surface area contributed by atoms with E-state index in [1.807, 2.05) is 43.3 Å². The Morgan fingerprint density at radius 3 is 2.54 bits per heavy atom. The number of carbonyl (C=O) groups excluding carboxylic acids is 1. The van der Waals surface area contributed by atoms with Gasteiger partial charge >= 0.3 is 12.3 Å². The Balaban J connectivity index is 1.93. The molecular weight excluding hydrogens is 352 g/mol. The minimum atomic E-state index is -4.24. The van der Waals surface area contributed by atoms with Crippen LogP contribution in [-0.2, 0) is 16.1 Å². The normalized spacial score (nSPS) is 18.2. The van der Waals surface area contributed by atoms with Crippen LogP contribution >= 0.6 is 0 Å². The van der Waals surface area contributed by atoms with Crippen molar-refractivity contribution in [3.63, 3.8) is 0 Å². The zero-order valence-corrected chi connectivity index (χ0v) is 14.9. The van der Waals surface area contributed by atoms with Crippen molar-refractivity contribution in [2.45, 2.75) is 37.8 Å². The summed E-state index contributed by atoms with van der Waals surface area (Å²) in [5.41, 5.74) is 2.11. The molecule has 1 heterocycles. The molecule has 0 spiro atoms. The summed E-state index contributed by atoms with van der Waals surface area (Å²) in [7, 11) is 3.95. The highest BCUT2D eigenvalue weighted by molar-refractivity contribution is 5.78. The van der Waals surface area contributed by atoms with Crippen LogP contribution in [0.4, 0.5) is 17.6 Å². The van der Waals surface area contributed by atoms with Gasteiger partial charge in [-0.25, -0.2) is 8.78 Å². The lowest BCUT2D eigenvalue weighted by Gasteiger charge is -2.26. The maximum absolute atomic E-state index is 12.8. The quantitative estimate of drug-likeness (QED) is 0.653. The fraction of sp³-hybridized carbons (Fsp3) is 0.611. The van der Waals surface area contributed by atoms with E-state index in [1.54, 1.807) is 4.90 Å². The largest absolute Gasteiger partial charge is 0.365 e. The zero-order chi connectivity index (χ0) is 19.3. The second kappa shape index (κ2) is 8.81. The van der Waals surface area contributed by atoms with E-state index in [0.29, 0.717) is 6.54 Å². The number of ether oxygens (including phenoxy) is 1. The second-order valence-corrected chi connectivity index (χ2v) is 6.78. The molecule has 4 nitrogen and oxygen atoms in total. The summed E-state index contributed by atoms with van der Waals surface area (Å²) in [6, 6.07) is 7.77. The first-order valence-electron chi connectivity index (χ1n) is 8.47. The van der Waals surface area contributed by atoms with E-state index in [-0.39, 0.29) is 6.04 Å². The number of likely N-dealkylation sites (tertiary alicyclic amines) is 1. The molecule has 0 N–H and O–H groups in total. The van der Waals surface area contributed by atoms with E-state index in [0.717, 1.165) is 30.5 Å². The third-order valence-electron chi connectivity index (χ3n) is 4.28. The van der Waals surface area contributed by atoms with Gasteiger partial charge in [-0.2, -0.15) is 8.78 Å². The number of carbonyl (C=O) groups is 1. The Bertz CT molecular complexity index is 593. The van der Waals surface area contributed by atoms with E-state index in [2.05, 4.69) is 4.74 Å². The molecule has 26 heavy (non-hydrogen) atoms. The number of rotatable bonds is 8. The number of amides is 1. The topological polar surface area (TPSA) is 32.8 Å². The summed E-state index contributed by atoms with van der Waals surface area (Å²) in [5, 5.41) is 0. The van der Waals surface area contributed by atoms with E-state index < -0.39 is 31.5 Å². The molecule has 1 aromatic rings. The molecule has 0 bridgehead atoms. The van der Waals surface area contributed by atoms with E-state index in [4.69, 9.17) is 0 Å². The molecule has 0 aromatic heterocycles. The Hall–Kier alpha value is -1.67. The van der Waals surface area contributed by atoms with Gasteiger partial charge in [-0.05, 0) is 38.1 Å². The van der Waals surface area contributed by atoms with Crippen LogP contribution in [0.25, 0.3) is 0 Å². The molecule has 1 amide bonds. The lowest BCUT2D eigenvalue weighted by atomic mass is 10.0. The number of nitrogens with zero attached hydrogens (tertiary/aromatic N) is 2. The van der Waals surface area contributed by atoms with Gasteiger partial charge in [-0.1, -0.05) is 24.3 Å². The smallest absolute Gasteiger partial charge is 0.330 e. The molecule has 0 unspecified atom stereocenters. The van der Waals surface area contributed by atoms with Gasteiger partial charge in [0.2, 0.25) is 5.91 Å². The van der Waals surface area contributed by atoms with Crippen LogP contribution in [-0.4, -0.2) is 61.9 Å². The van der Waals surface area contributed by atoms with Crippen molar-refractivity contribution in [3.05, 3.63) is 35.4 Å². The number of halogens is 4. The molecule has 0 radical (unpaired) electrons. The highest BCUT2D eigenvalue weighted by Gasteiger charge is 2.41. The summed E-state index contributed by atoms with van der Waals surface area (Å²) in [4.78, 5) is 15.9. The first-order valence-corrected chi connectivity index (χ1v) is 8.47. The first-order chi connectivity index (χ1) is 12.2. The Labute approximate surface area is 150 Å². The van der Waals surface area contributed by atoms with Crippen LogP contribution in [0.2, 0.25) is 0 Å². The van der Waals surface area contributed by atoms with Gasteiger partial charge in [-0.15, -0.1) is 0 Å². The molecule has 1 saturated heterocycles. The van der Waals surface area contributed by atoms with Crippen LogP contribution in [0.3, 0.4) is 0 Å². The minimum absolute atomic E-state index is 0.143. The predicted molar refractivity (Wildman–Crippen MR) is 89.3 cm³/mol. The number of alkyl halides is 4. The molecule has 1 fully saturated rings. The third-order valence-corrected chi connectivity index (χ3v) is 4.28. The maximum Gasteiger partial charge on any atom is 0.330 e. The Morgan fingerprint density at radius 1 is 1.31 bits per heavy atom. The van der Waals surface area contributed by atoms with Crippen LogP contribution < -0.4 is 0 Å². The van der Waals surface area contributed by atoms with Crippen molar-refractivity contribution in [1.29, 1.82) is 0 Å². The van der Waals surface area contributed by atoms with E-state index >= 15 is 0 Å². The molecule has 0 saturated carbocycles. The lowest BCUT2D eigenvalue weighted by Crippen LogP contribution is -2.37. The summed E-state index contributed by atoms with van der Waals surface area (Å²) in [6.45, 7) is -0.789. The first kappa shape index (κ1) is 20.6.